The van der Waals surface area contributed by atoms with Gasteiger partial charge in [-0.2, -0.15) is 0 Å². The maximum Gasteiger partial charge on any atom is 0.0382 e. The first-order valence-corrected chi connectivity index (χ1v) is 8.26. The number of thiol groups is 1. The standard InChI is InChI=1S/C18H26N2S/c1-4-13(2)20-16-11-9-15(10-12-16)18(21)17(19-3)14-7-5-6-8-14/h9-12,14,19-21H,2,4-8H2,1,3H3/b18-17-. The van der Waals surface area contributed by atoms with E-state index in [1.165, 1.54) is 36.9 Å². The van der Waals surface area contributed by atoms with Crippen molar-refractivity contribution in [3.63, 3.8) is 0 Å². The lowest BCUT2D eigenvalue weighted by Crippen LogP contribution is -2.15. The molecule has 0 bridgehead atoms. The van der Waals surface area contributed by atoms with Crippen molar-refractivity contribution in [1.82, 2.24) is 5.32 Å². The van der Waals surface area contributed by atoms with Crippen LogP contribution in [0.15, 0.2) is 42.2 Å². The first-order valence-electron chi connectivity index (χ1n) is 7.81. The molecule has 21 heavy (non-hydrogen) atoms. The van der Waals surface area contributed by atoms with Gasteiger partial charge in [0.1, 0.15) is 0 Å². The fraction of sp³-hybridized carbons (Fsp3) is 0.444. The van der Waals surface area contributed by atoms with Crippen LogP contribution in [0.3, 0.4) is 0 Å². The normalized spacial score (nSPS) is 16.5. The van der Waals surface area contributed by atoms with Gasteiger partial charge in [0.15, 0.2) is 0 Å². The van der Waals surface area contributed by atoms with Crippen molar-refractivity contribution < 1.29 is 0 Å². The van der Waals surface area contributed by atoms with Crippen LogP contribution in [-0.4, -0.2) is 7.05 Å². The molecule has 1 aromatic rings. The van der Waals surface area contributed by atoms with Crippen molar-refractivity contribution in [2.45, 2.75) is 39.0 Å². The minimum atomic E-state index is 0.639. The average Bonchev–Trinajstić information content (AvgIpc) is 3.02. The zero-order valence-corrected chi connectivity index (χ0v) is 14.0. The summed E-state index contributed by atoms with van der Waals surface area (Å²) in [7, 11) is 2.00. The highest BCUT2D eigenvalue weighted by Crippen LogP contribution is 2.35. The minimum Gasteiger partial charge on any atom is -0.390 e. The summed E-state index contributed by atoms with van der Waals surface area (Å²) in [4.78, 5) is 1.07. The Morgan fingerprint density at radius 2 is 1.86 bits per heavy atom. The molecular formula is C18H26N2S. The summed E-state index contributed by atoms with van der Waals surface area (Å²) in [5.74, 6) is 0.639. The van der Waals surface area contributed by atoms with Crippen molar-refractivity contribution in [1.29, 1.82) is 0 Å². The molecule has 0 aliphatic heterocycles. The van der Waals surface area contributed by atoms with Crippen LogP contribution in [0.1, 0.15) is 44.6 Å². The molecule has 1 aliphatic rings. The van der Waals surface area contributed by atoms with Crippen molar-refractivity contribution in [3.05, 3.63) is 47.8 Å². The predicted molar refractivity (Wildman–Crippen MR) is 96.4 cm³/mol. The molecule has 0 unspecified atom stereocenters. The monoisotopic (exact) mass is 302 g/mol. The van der Waals surface area contributed by atoms with Gasteiger partial charge in [0, 0.05) is 29.0 Å². The second-order valence-electron chi connectivity index (χ2n) is 5.65. The van der Waals surface area contributed by atoms with Gasteiger partial charge in [-0.05, 0) is 42.9 Å². The average molecular weight is 302 g/mol. The van der Waals surface area contributed by atoms with Gasteiger partial charge in [-0.15, -0.1) is 12.6 Å². The summed E-state index contributed by atoms with van der Waals surface area (Å²) in [5, 5.41) is 6.68. The van der Waals surface area contributed by atoms with E-state index in [4.69, 9.17) is 12.6 Å². The van der Waals surface area contributed by atoms with E-state index in [1.54, 1.807) is 0 Å². The second-order valence-corrected chi connectivity index (χ2v) is 6.10. The summed E-state index contributed by atoms with van der Waals surface area (Å²) in [6, 6.07) is 8.43. The summed E-state index contributed by atoms with van der Waals surface area (Å²) in [6.07, 6.45) is 6.15. The smallest absolute Gasteiger partial charge is 0.0382 e. The molecule has 0 spiro atoms. The van der Waals surface area contributed by atoms with Crippen molar-refractivity contribution >= 4 is 23.2 Å². The minimum absolute atomic E-state index is 0.639. The van der Waals surface area contributed by atoms with Crippen LogP contribution in [0.4, 0.5) is 5.69 Å². The van der Waals surface area contributed by atoms with E-state index >= 15 is 0 Å². The molecule has 1 saturated carbocycles. The van der Waals surface area contributed by atoms with Crippen LogP contribution in [-0.2, 0) is 0 Å². The molecule has 1 aliphatic carbocycles. The number of hydrogen-bond donors (Lipinski definition) is 3. The summed E-state index contributed by atoms with van der Waals surface area (Å²) < 4.78 is 0. The number of allylic oxidation sites excluding steroid dienone is 2. The van der Waals surface area contributed by atoms with Gasteiger partial charge < -0.3 is 10.6 Å². The van der Waals surface area contributed by atoms with E-state index in [0.29, 0.717) is 5.92 Å². The number of rotatable bonds is 6. The van der Waals surface area contributed by atoms with Gasteiger partial charge in [-0.3, -0.25) is 0 Å². The van der Waals surface area contributed by atoms with E-state index in [2.05, 4.69) is 48.4 Å². The molecule has 114 valence electrons. The van der Waals surface area contributed by atoms with Gasteiger partial charge >= 0.3 is 0 Å². The Bertz CT molecular complexity index is 511. The highest BCUT2D eigenvalue weighted by atomic mass is 32.1. The molecule has 1 aromatic carbocycles. The molecular weight excluding hydrogens is 276 g/mol. The third-order valence-electron chi connectivity index (χ3n) is 4.19. The van der Waals surface area contributed by atoms with E-state index < -0.39 is 0 Å². The van der Waals surface area contributed by atoms with Crippen LogP contribution >= 0.6 is 12.6 Å². The number of hydrogen-bond acceptors (Lipinski definition) is 3. The Kier molecular flexibility index (Phi) is 5.80. The molecule has 2 N–H and O–H groups in total. The number of anilines is 1. The summed E-state index contributed by atoms with van der Waals surface area (Å²) in [6.45, 7) is 6.07. The van der Waals surface area contributed by atoms with Gasteiger partial charge in [0.05, 0.1) is 0 Å². The molecule has 1 fully saturated rings. The molecule has 0 aromatic heterocycles. The van der Waals surface area contributed by atoms with Crippen LogP contribution < -0.4 is 10.6 Å². The number of nitrogens with one attached hydrogen (secondary N) is 2. The highest BCUT2D eigenvalue weighted by molar-refractivity contribution is 7.90. The molecule has 0 radical (unpaired) electrons. The topological polar surface area (TPSA) is 24.1 Å². The van der Waals surface area contributed by atoms with Crippen LogP contribution in [0.5, 0.6) is 0 Å². The van der Waals surface area contributed by atoms with Gasteiger partial charge in [0.2, 0.25) is 0 Å². The quantitative estimate of drug-likeness (QED) is 0.642. The molecule has 2 nitrogen and oxygen atoms in total. The second kappa shape index (κ2) is 7.60. The molecule has 0 saturated heterocycles. The van der Waals surface area contributed by atoms with E-state index in [0.717, 1.165) is 22.7 Å². The zero-order valence-electron chi connectivity index (χ0n) is 13.1. The fourth-order valence-electron chi connectivity index (χ4n) is 2.89. The van der Waals surface area contributed by atoms with Crippen LogP contribution in [0.25, 0.3) is 4.91 Å². The van der Waals surface area contributed by atoms with Crippen LogP contribution in [0.2, 0.25) is 0 Å². The Morgan fingerprint density at radius 3 is 2.38 bits per heavy atom. The summed E-state index contributed by atoms with van der Waals surface area (Å²) in [5.41, 5.74) is 4.57. The summed E-state index contributed by atoms with van der Waals surface area (Å²) >= 11 is 4.77. The van der Waals surface area contributed by atoms with Crippen molar-refractivity contribution in [2.24, 2.45) is 5.92 Å². The Labute approximate surface area is 134 Å². The van der Waals surface area contributed by atoms with E-state index in [-0.39, 0.29) is 0 Å². The maximum atomic E-state index is 4.77. The lowest BCUT2D eigenvalue weighted by atomic mass is 10.0. The predicted octanol–water partition coefficient (Wildman–Crippen LogP) is 5.03. The van der Waals surface area contributed by atoms with Gasteiger partial charge in [-0.1, -0.05) is 38.5 Å². The molecule has 0 amide bonds. The van der Waals surface area contributed by atoms with Crippen LogP contribution in [0, 0.1) is 5.92 Å². The third kappa shape index (κ3) is 4.07. The van der Waals surface area contributed by atoms with Gasteiger partial charge in [0.25, 0.3) is 0 Å². The van der Waals surface area contributed by atoms with Crippen molar-refractivity contribution in [3.8, 4) is 0 Å². The number of benzene rings is 1. The molecule has 0 atom stereocenters. The third-order valence-corrected chi connectivity index (χ3v) is 4.69. The highest BCUT2D eigenvalue weighted by Gasteiger charge is 2.21. The Balaban J connectivity index is 2.17. The molecule has 3 heteroatoms. The Hall–Kier alpha value is -1.35. The maximum absolute atomic E-state index is 4.77. The zero-order chi connectivity index (χ0) is 15.2. The lowest BCUT2D eigenvalue weighted by Gasteiger charge is -2.18. The molecule has 2 rings (SSSR count). The van der Waals surface area contributed by atoms with E-state index in [9.17, 15) is 0 Å². The largest absolute Gasteiger partial charge is 0.390 e. The first kappa shape index (κ1) is 16.0. The Morgan fingerprint density at radius 1 is 1.24 bits per heavy atom. The van der Waals surface area contributed by atoms with Gasteiger partial charge in [-0.25, -0.2) is 0 Å². The van der Waals surface area contributed by atoms with E-state index in [1.807, 2.05) is 7.05 Å². The first-order chi connectivity index (χ1) is 10.2. The lowest BCUT2D eigenvalue weighted by molar-refractivity contribution is 0.605. The SMILES string of the molecule is C=C(CC)Nc1ccc(/C(S)=C(/NC)C2CCCC2)cc1. The fourth-order valence-corrected chi connectivity index (χ4v) is 3.33. The van der Waals surface area contributed by atoms with Crippen molar-refractivity contribution in [2.75, 3.05) is 12.4 Å². The molecule has 0 heterocycles.